The molecule has 20 heavy (non-hydrogen) atoms. The van der Waals surface area contributed by atoms with Gasteiger partial charge in [-0.1, -0.05) is 18.2 Å². The van der Waals surface area contributed by atoms with E-state index in [2.05, 4.69) is 29.7 Å². The van der Waals surface area contributed by atoms with E-state index in [1.807, 2.05) is 6.92 Å². The van der Waals surface area contributed by atoms with Crippen LogP contribution in [0.4, 0.5) is 0 Å². The smallest absolute Gasteiger partial charge is 0.306 e. The molecule has 0 aliphatic carbocycles. The van der Waals surface area contributed by atoms with Crippen LogP contribution in [0, 0.1) is 6.92 Å². The Morgan fingerprint density at radius 3 is 3.05 bits per heavy atom. The molecule has 2 aromatic rings. The number of hydrogen-bond donors (Lipinski definition) is 0. The maximum Gasteiger partial charge on any atom is 0.306 e. The van der Waals surface area contributed by atoms with Crippen LogP contribution in [0.15, 0.2) is 18.2 Å². The second-order valence-electron chi connectivity index (χ2n) is 5.44. The lowest BCUT2D eigenvalue weighted by atomic mass is 10.0. The molecular formula is C17H21NO2. The summed E-state index contributed by atoms with van der Waals surface area (Å²) in [6.07, 6.45) is 3.62. The number of hydrogen-bond acceptors (Lipinski definition) is 2. The van der Waals surface area contributed by atoms with Gasteiger partial charge in [0.25, 0.3) is 0 Å². The zero-order valence-electron chi connectivity index (χ0n) is 12.2. The van der Waals surface area contributed by atoms with Crippen molar-refractivity contribution in [3.8, 4) is 0 Å². The van der Waals surface area contributed by atoms with Gasteiger partial charge in [0.2, 0.25) is 0 Å². The molecule has 3 heteroatoms. The minimum Gasteiger partial charge on any atom is -0.466 e. The van der Waals surface area contributed by atoms with Gasteiger partial charge in [-0.2, -0.15) is 0 Å². The van der Waals surface area contributed by atoms with Gasteiger partial charge in [-0.3, -0.25) is 4.79 Å². The van der Waals surface area contributed by atoms with Crippen LogP contribution in [0.2, 0.25) is 0 Å². The molecule has 1 aromatic heterocycles. The van der Waals surface area contributed by atoms with Gasteiger partial charge < -0.3 is 9.30 Å². The van der Waals surface area contributed by atoms with E-state index in [4.69, 9.17) is 4.74 Å². The van der Waals surface area contributed by atoms with Crippen LogP contribution < -0.4 is 0 Å². The Morgan fingerprint density at radius 2 is 2.25 bits per heavy atom. The molecule has 0 amide bonds. The average molecular weight is 271 g/mol. The molecule has 1 aliphatic heterocycles. The Morgan fingerprint density at radius 1 is 1.40 bits per heavy atom. The number of para-hydroxylation sites is 1. The van der Waals surface area contributed by atoms with Gasteiger partial charge in [-0.05, 0) is 44.2 Å². The first kappa shape index (κ1) is 13.2. The zero-order chi connectivity index (χ0) is 14.1. The number of aryl methyl sites for hydroxylation is 3. The Balaban J connectivity index is 1.98. The van der Waals surface area contributed by atoms with Gasteiger partial charge >= 0.3 is 5.97 Å². The first-order valence-corrected chi connectivity index (χ1v) is 7.47. The second-order valence-corrected chi connectivity index (χ2v) is 5.44. The average Bonchev–Trinajstić information content (AvgIpc) is 2.73. The molecule has 0 saturated carbocycles. The molecule has 106 valence electrons. The van der Waals surface area contributed by atoms with Gasteiger partial charge in [-0.25, -0.2) is 0 Å². The summed E-state index contributed by atoms with van der Waals surface area (Å²) in [5.74, 6) is -0.0983. The molecule has 0 unspecified atom stereocenters. The van der Waals surface area contributed by atoms with Crippen molar-refractivity contribution in [2.45, 2.75) is 46.1 Å². The summed E-state index contributed by atoms with van der Waals surface area (Å²) in [6.45, 7) is 5.59. The Hall–Kier alpha value is -1.77. The topological polar surface area (TPSA) is 31.2 Å². The Labute approximate surface area is 119 Å². The fourth-order valence-corrected chi connectivity index (χ4v) is 3.36. The highest BCUT2D eigenvalue weighted by Crippen LogP contribution is 2.33. The molecule has 0 fully saturated rings. The predicted octanol–water partition coefficient (Wildman–Crippen LogP) is 3.39. The van der Waals surface area contributed by atoms with E-state index in [0.717, 1.165) is 19.4 Å². The van der Waals surface area contributed by atoms with E-state index in [9.17, 15) is 4.79 Å². The normalized spacial score (nSPS) is 13.7. The summed E-state index contributed by atoms with van der Waals surface area (Å²) >= 11 is 0. The van der Waals surface area contributed by atoms with Crippen molar-refractivity contribution in [2.24, 2.45) is 0 Å². The monoisotopic (exact) mass is 271 g/mol. The summed E-state index contributed by atoms with van der Waals surface area (Å²) in [5, 5.41) is 1.32. The van der Waals surface area contributed by atoms with E-state index in [1.165, 1.54) is 34.1 Å². The lowest BCUT2D eigenvalue weighted by Crippen LogP contribution is -2.09. The molecule has 1 aliphatic rings. The second kappa shape index (κ2) is 5.31. The van der Waals surface area contributed by atoms with Crippen molar-refractivity contribution in [2.75, 3.05) is 6.61 Å². The molecule has 0 saturated heterocycles. The standard InChI is InChI=1S/C17H21NO2/c1-3-20-16(19)10-9-14-12(2)18-11-5-7-13-6-4-8-15(14)17(13)18/h4,6,8H,3,5,7,9-11H2,1-2H3. The van der Waals surface area contributed by atoms with Crippen molar-refractivity contribution in [1.29, 1.82) is 0 Å². The molecule has 1 aromatic carbocycles. The Bertz CT molecular complexity index is 655. The highest BCUT2D eigenvalue weighted by molar-refractivity contribution is 5.89. The molecular weight excluding hydrogens is 250 g/mol. The maximum absolute atomic E-state index is 11.6. The van der Waals surface area contributed by atoms with Crippen LogP contribution in [0.3, 0.4) is 0 Å². The lowest BCUT2D eigenvalue weighted by Gasteiger charge is -2.16. The molecule has 0 radical (unpaired) electrons. The summed E-state index contributed by atoms with van der Waals surface area (Å²) < 4.78 is 7.46. The van der Waals surface area contributed by atoms with Gasteiger partial charge in [-0.15, -0.1) is 0 Å². The summed E-state index contributed by atoms with van der Waals surface area (Å²) in [4.78, 5) is 11.6. The van der Waals surface area contributed by atoms with Crippen LogP contribution in [0.25, 0.3) is 10.9 Å². The minimum atomic E-state index is -0.0983. The molecule has 0 atom stereocenters. The number of esters is 1. The summed E-state index contributed by atoms with van der Waals surface area (Å²) in [5.41, 5.74) is 5.46. The van der Waals surface area contributed by atoms with Crippen molar-refractivity contribution in [1.82, 2.24) is 4.57 Å². The highest BCUT2D eigenvalue weighted by atomic mass is 16.5. The number of benzene rings is 1. The molecule has 3 nitrogen and oxygen atoms in total. The van der Waals surface area contributed by atoms with Crippen molar-refractivity contribution < 1.29 is 9.53 Å². The van der Waals surface area contributed by atoms with E-state index in [-0.39, 0.29) is 5.97 Å². The minimum absolute atomic E-state index is 0.0983. The quantitative estimate of drug-likeness (QED) is 0.798. The van der Waals surface area contributed by atoms with Crippen molar-refractivity contribution in [3.05, 3.63) is 35.0 Å². The highest BCUT2D eigenvalue weighted by Gasteiger charge is 2.19. The number of ether oxygens (including phenoxy) is 1. The molecule has 2 heterocycles. The number of aromatic nitrogens is 1. The third-order valence-electron chi connectivity index (χ3n) is 4.27. The van der Waals surface area contributed by atoms with Crippen LogP contribution in [0.5, 0.6) is 0 Å². The predicted molar refractivity (Wildman–Crippen MR) is 80.0 cm³/mol. The van der Waals surface area contributed by atoms with Crippen LogP contribution >= 0.6 is 0 Å². The zero-order valence-corrected chi connectivity index (χ0v) is 12.2. The molecule has 0 N–H and O–H groups in total. The number of rotatable bonds is 4. The van der Waals surface area contributed by atoms with Crippen LogP contribution in [-0.2, 0) is 28.9 Å². The Kier molecular flexibility index (Phi) is 3.51. The third kappa shape index (κ3) is 2.11. The first-order chi connectivity index (χ1) is 9.72. The van der Waals surface area contributed by atoms with E-state index in [0.29, 0.717) is 13.0 Å². The number of nitrogens with zero attached hydrogens (tertiary/aromatic N) is 1. The van der Waals surface area contributed by atoms with Crippen LogP contribution in [0.1, 0.15) is 36.6 Å². The van der Waals surface area contributed by atoms with E-state index >= 15 is 0 Å². The summed E-state index contributed by atoms with van der Waals surface area (Å²) in [7, 11) is 0. The van der Waals surface area contributed by atoms with E-state index < -0.39 is 0 Å². The first-order valence-electron chi connectivity index (χ1n) is 7.47. The SMILES string of the molecule is CCOC(=O)CCc1c(C)n2c3c(cccc13)CCC2. The molecule has 0 bridgehead atoms. The van der Waals surface area contributed by atoms with Gasteiger partial charge in [0.05, 0.1) is 12.1 Å². The van der Waals surface area contributed by atoms with Crippen LogP contribution in [-0.4, -0.2) is 17.1 Å². The van der Waals surface area contributed by atoms with Gasteiger partial charge in [0.15, 0.2) is 0 Å². The van der Waals surface area contributed by atoms with E-state index in [1.54, 1.807) is 0 Å². The van der Waals surface area contributed by atoms with Gasteiger partial charge in [0.1, 0.15) is 0 Å². The summed E-state index contributed by atoms with van der Waals surface area (Å²) in [6, 6.07) is 6.56. The third-order valence-corrected chi connectivity index (χ3v) is 4.27. The van der Waals surface area contributed by atoms with Gasteiger partial charge in [0, 0.05) is 24.0 Å². The molecule has 3 rings (SSSR count). The largest absolute Gasteiger partial charge is 0.466 e. The number of carbonyl (C=O) groups is 1. The van der Waals surface area contributed by atoms with Crippen molar-refractivity contribution in [3.63, 3.8) is 0 Å². The number of carbonyl (C=O) groups excluding carboxylic acids is 1. The fourth-order valence-electron chi connectivity index (χ4n) is 3.36. The maximum atomic E-state index is 11.6. The fraction of sp³-hybridized carbons (Fsp3) is 0.471. The lowest BCUT2D eigenvalue weighted by molar-refractivity contribution is -0.143. The molecule has 0 spiro atoms. The van der Waals surface area contributed by atoms with Crippen molar-refractivity contribution >= 4 is 16.9 Å².